The van der Waals surface area contributed by atoms with Crippen molar-refractivity contribution in [3.63, 3.8) is 0 Å². The van der Waals surface area contributed by atoms with E-state index in [1.807, 2.05) is 0 Å². The number of hydrogen-bond acceptors (Lipinski definition) is 2. The molecule has 3 heterocycles. The Labute approximate surface area is 314 Å². The summed E-state index contributed by atoms with van der Waals surface area (Å²) in [5.41, 5.74) is 11.8. The van der Waals surface area contributed by atoms with Crippen molar-refractivity contribution in [1.29, 1.82) is 0 Å². The predicted octanol–water partition coefficient (Wildman–Crippen LogP) is 13.0. The molecular weight excluding hydrogens is 657 g/mol. The van der Waals surface area contributed by atoms with E-state index in [0.29, 0.717) is 5.95 Å². The maximum Gasteiger partial charge on any atom is 0.235 e. The van der Waals surface area contributed by atoms with Crippen molar-refractivity contribution in [2.24, 2.45) is 0 Å². The Bertz CT molecular complexity index is 3150. The zero-order valence-electron chi connectivity index (χ0n) is 31.1. The van der Waals surface area contributed by atoms with Gasteiger partial charge in [0.25, 0.3) is 0 Å². The van der Waals surface area contributed by atoms with Gasteiger partial charge in [0, 0.05) is 38.2 Å². The molecule has 1 aliphatic carbocycles. The van der Waals surface area contributed by atoms with E-state index >= 15 is 0 Å². The molecule has 4 heteroatoms. The van der Waals surface area contributed by atoms with Crippen molar-refractivity contribution in [1.82, 2.24) is 19.1 Å². The summed E-state index contributed by atoms with van der Waals surface area (Å²) in [6.07, 6.45) is 2.35. The number of fused-ring (bicyclic) bond motifs is 10. The molecule has 0 atom stereocenters. The van der Waals surface area contributed by atoms with Crippen LogP contribution >= 0.6 is 0 Å². The van der Waals surface area contributed by atoms with Crippen LogP contribution in [0, 0.1) is 0 Å². The van der Waals surface area contributed by atoms with E-state index in [0.717, 1.165) is 38.9 Å². The third-order valence-electron chi connectivity index (χ3n) is 12.4. The van der Waals surface area contributed by atoms with E-state index in [9.17, 15) is 0 Å². The quantitative estimate of drug-likeness (QED) is 0.184. The van der Waals surface area contributed by atoms with Crippen LogP contribution in [0.3, 0.4) is 0 Å². The van der Waals surface area contributed by atoms with Gasteiger partial charge in [-0.25, -0.2) is 9.97 Å². The summed E-state index contributed by atoms with van der Waals surface area (Å²) in [4.78, 5) is 10.7. The second-order valence-corrected chi connectivity index (χ2v) is 16.5. The summed E-state index contributed by atoms with van der Waals surface area (Å²) >= 11 is 0. The Morgan fingerprint density at radius 3 is 1.85 bits per heavy atom. The highest BCUT2D eigenvalue weighted by Crippen LogP contribution is 2.49. The van der Waals surface area contributed by atoms with Crippen molar-refractivity contribution >= 4 is 65.3 Å². The highest BCUT2D eigenvalue weighted by Gasteiger charge is 2.38. The summed E-state index contributed by atoms with van der Waals surface area (Å²) in [5.74, 6) is 0.670. The van der Waals surface area contributed by atoms with E-state index in [-0.39, 0.29) is 10.8 Å². The highest BCUT2D eigenvalue weighted by atomic mass is 15.2. The smallest absolute Gasteiger partial charge is 0.235 e. The van der Waals surface area contributed by atoms with Crippen molar-refractivity contribution < 1.29 is 0 Å². The van der Waals surface area contributed by atoms with Crippen LogP contribution in [-0.2, 0) is 10.8 Å². The molecule has 0 radical (unpaired) electrons. The minimum Gasteiger partial charge on any atom is -0.309 e. The van der Waals surface area contributed by atoms with Gasteiger partial charge in [-0.15, -0.1) is 0 Å². The molecule has 0 spiro atoms. The topological polar surface area (TPSA) is 35.6 Å². The van der Waals surface area contributed by atoms with Gasteiger partial charge in [0.1, 0.15) is 0 Å². The Morgan fingerprint density at radius 2 is 1.07 bits per heavy atom. The molecule has 54 heavy (non-hydrogen) atoms. The largest absolute Gasteiger partial charge is 0.309 e. The van der Waals surface area contributed by atoms with Gasteiger partial charge >= 0.3 is 0 Å². The number of aromatic nitrogens is 4. The van der Waals surface area contributed by atoms with Crippen LogP contribution in [0.4, 0.5) is 0 Å². The number of para-hydroxylation sites is 2. The van der Waals surface area contributed by atoms with Crippen molar-refractivity contribution in [3.8, 4) is 22.9 Å². The average Bonchev–Trinajstić information content (AvgIpc) is 3.70. The summed E-state index contributed by atoms with van der Waals surface area (Å²) in [7, 11) is 0. The van der Waals surface area contributed by atoms with Gasteiger partial charge in [-0.1, -0.05) is 125 Å². The maximum atomic E-state index is 5.43. The van der Waals surface area contributed by atoms with E-state index in [2.05, 4.69) is 182 Å². The Balaban J connectivity index is 1.33. The Kier molecular flexibility index (Phi) is 6.45. The van der Waals surface area contributed by atoms with Gasteiger partial charge in [-0.05, 0) is 94.1 Å². The zero-order valence-corrected chi connectivity index (χ0v) is 31.1. The fourth-order valence-corrected chi connectivity index (χ4v) is 9.41. The van der Waals surface area contributed by atoms with Gasteiger partial charge in [-0.2, -0.15) is 0 Å². The van der Waals surface area contributed by atoms with Gasteiger partial charge in [0.2, 0.25) is 5.95 Å². The molecule has 0 fully saturated rings. The minimum absolute atomic E-state index is 0.0946. The lowest BCUT2D eigenvalue weighted by molar-refractivity contribution is 0.332. The van der Waals surface area contributed by atoms with Gasteiger partial charge < -0.3 is 4.57 Å². The first-order valence-electron chi connectivity index (χ1n) is 19.1. The second kappa shape index (κ2) is 11.1. The molecule has 0 amide bonds. The molecule has 10 aromatic rings. The van der Waals surface area contributed by atoms with E-state index in [4.69, 9.17) is 9.97 Å². The fourth-order valence-electron chi connectivity index (χ4n) is 9.41. The molecule has 11 rings (SSSR count). The standard InChI is InChI=1S/C50H40N4/c1-49(2)25-26-50(3,4)40-29-43-37(28-39(40)49)36-27-38-45(30-44(36)53(43)33-18-9-6-10-19-33)54(42-24-23-31-15-11-12-20-34(31)46(38)42)48-51-41-22-14-13-21-35(41)47(52-48)32-16-7-5-8-17-32/h5-24,27-30H,25-26H2,1-4H3. The molecule has 3 aromatic heterocycles. The SMILES string of the molecule is CC1(C)CCC(C)(C)c2cc3c(cc21)c1cc2c4c5ccccc5ccc4n(-c4nc(-c5ccccc5)c5ccccc5n4)c2cc1n3-c1ccccc1. The van der Waals surface area contributed by atoms with Crippen LogP contribution in [0.25, 0.3) is 88.2 Å². The summed E-state index contributed by atoms with van der Waals surface area (Å²) < 4.78 is 4.79. The molecule has 4 nitrogen and oxygen atoms in total. The van der Waals surface area contributed by atoms with E-state index in [1.54, 1.807) is 0 Å². The van der Waals surface area contributed by atoms with Crippen LogP contribution in [0.1, 0.15) is 51.7 Å². The molecule has 260 valence electrons. The predicted molar refractivity (Wildman–Crippen MR) is 226 cm³/mol. The lowest BCUT2D eigenvalue weighted by atomic mass is 9.63. The van der Waals surface area contributed by atoms with Crippen LogP contribution < -0.4 is 0 Å². The Morgan fingerprint density at radius 1 is 0.463 bits per heavy atom. The number of nitrogens with zero attached hydrogens (tertiary/aromatic N) is 4. The second-order valence-electron chi connectivity index (χ2n) is 16.5. The minimum atomic E-state index is 0.0946. The van der Waals surface area contributed by atoms with Gasteiger partial charge in [0.15, 0.2) is 0 Å². The summed E-state index contributed by atoms with van der Waals surface area (Å²) in [5, 5.41) is 8.49. The monoisotopic (exact) mass is 696 g/mol. The summed E-state index contributed by atoms with van der Waals surface area (Å²) in [6, 6.07) is 52.9. The average molecular weight is 697 g/mol. The first kappa shape index (κ1) is 31.3. The van der Waals surface area contributed by atoms with E-state index < -0.39 is 0 Å². The number of benzene rings is 7. The molecule has 0 saturated carbocycles. The third kappa shape index (κ3) is 4.43. The molecule has 0 saturated heterocycles. The first-order chi connectivity index (χ1) is 26.3. The van der Waals surface area contributed by atoms with Crippen LogP contribution in [0.2, 0.25) is 0 Å². The first-order valence-corrected chi connectivity index (χ1v) is 19.1. The van der Waals surface area contributed by atoms with Gasteiger partial charge in [-0.3, -0.25) is 4.57 Å². The maximum absolute atomic E-state index is 5.43. The molecule has 0 bridgehead atoms. The lowest BCUT2D eigenvalue weighted by Gasteiger charge is -2.42. The molecule has 0 N–H and O–H groups in total. The third-order valence-corrected chi connectivity index (χ3v) is 12.4. The molecule has 1 aliphatic rings. The highest BCUT2D eigenvalue weighted by molar-refractivity contribution is 6.25. The van der Waals surface area contributed by atoms with Crippen LogP contribution in [-0.4, -0.2) is 19.1 Å². The molecule has 0 aliphatic heterocycles. The molecule has 0 unspecified atom stereocenters. The van der Waals surface area contributed by atoms with Crippen LogP contribution in [0.5, 0.6) is 0 Å². The van der Waals surface area contributed by atoms with Crippen molar-refractivity contribution in [2.75, 3.05) is 0 Å². The molecular formula is C50H40N4. The zero-order chi connectivity index (χ0) is 36.3. The lowest BCUT2D eigenvalue weighted by Crippen LogP contribution is -2.33. The van der Waals surface area contributed by atoms with Crippen LogP contribution in [0.15, 0.2) is 146 Å². The summed E-state index contributed by atoms with van der Waals surface area (Å²) in [6.45, 7) is 9.69. The normalized spacial score (nSPS) is 15.2. The Hall–Kier alpha value is -6.26. The fraction of sp³-hybridized carbons (Fsp3) is 0.160. The number of hydrogen-bond donors (Lipinski definition) is 0. The van der Waals surface area contributed by atoms with Gasteiger partial charge in [0.05, 0.1) is 33.3 Å². The van der Waals surface area contributed by atoms with Crippen molar-refractivity contribution in [2.45, 2.75) is 51.4 Å². The van der Waals surface area contributed by atoms with E-state index in [1.165, 1.54) is 67.3 Å². The molecule has 7 aromatic carbocycles. The van der Waals surface area contributed by atoms with Crippen molar-refractivity contribution in [3.05, 3.63) is 157 Å². The number of rotatable bonds is 3.